The summed E-state index contributed by atoms with van der Waals surface area (Å²) < 4.78 is 11.8. The lowest BCUT2D eigenvalue weighted by molar-refractivity contribution is 0.411. The summed E-state index contributed by atoms with van der Waals surface area (Å²) in [5.41, 5.74) is 2.21. The molecule has 0 saturated carbocycles. The standard InChI is InChI=1S/C14H13IO2/c1-16-12-8-4-3-6-10(12)11-7-5-9-13(17-2)14(11)15/h3-9H,1-2H3. The highest BCUT2D eigenvalue weighted by Crippen LogP contribution is 2.36. The minimum Gasteiger partial charge on any atom is -0.496 e. The molecule has 3 heteroatoms. The molecule has 0 bridgehead atoms. The molecule has 0 aliphatic carbocycles. The first-order valence-electron chi connectivity index (χ1n) is 5.24. The number of benzene rings is 2. The number of halogens is 1. The van der Waals surface area contributed by atoms with Crippen LogP contribution in [0.1, 0.15) is 0 Å². The average molecular weight is 340 g/mol. The molecule has 0 fully saturated rings. The zero-order valence-electron chi connectivity index (χ0n) is 9.74. The summed E-state index contributed by atoms with van der Waals surface area (Å²) in [4.78, 5) is 0. The van der Waals surface area contributed by atoms with Crippen molar-refractivity contribution in [2.24, 2.45) is 0 Å². The van der Waals surface area contributed by atoms with E-state index in [0.717, 1.165) is 26.2 Å². The molecule has 0 saturated heterocycles. The first kappa shape index (κ1) is 12.2. The number of ether oxygens (including phenoxy) is 2. The van der Waals surface area contributed by atoms with Gasteiger partial charge in [-0.3, -0.25) is 0 Å². The highest BCUT2D eigenvalue weighted by Gasteiger charge is 2.11. The van der Waals surface area contributed by atoms with E-state index < -0.39 is 0 Å². The van der Waals surface area contributed by atoms with Crippen LogP contribution in [0.2, 0.25) is 0 Å². The predicted molar refractivity (Wildman–Crippen MR) is 77.7 cm³/mol. The fraction of sp³-hybridized carbons (Fsp3) is 0.143. The van der Waals surface area contributed by atoms with E-state index in [0.29, 0.717) is 0 Å². The second-order valence-electron chi connectivity index (χ2n) is 3.52. The molecule has 2 rings (SSSR count). The summed E-state index contributed by atoms with van der Waals surface area (Å²) in [7, 11) is 3.37. The summed E-state index contributed by atoms with van der Waals surface area (Å²) in [5, 5.41) is 0. The molecule has 0 spiro atoms. The van der Waals surface area contributed by atoms with Gasteiger partial charge in [-0.1, -0.05) is 30.3 Å². The molecule has 0 N–H and O–H groups in total. The number of hydrogen-bond donors (Lipinski definition) is 0. The molecule has 0 aromatic heterocycles. The predicted octanol–water partition coefficient (Wildman–Crippen LogP) is 3.98. The van der Waals surface area contributed by atoms with Crippen LogP contribution in [0.15, 0.2) is 42.5 Å². The van der Waals surface area contributed by atoms with Gasteiger partial charge in [-0.2, -0.15) is 0 Å². The molecule has 0 aliphatic rings. The van der Waals surface area contributed by atoms with Crippen LogP contribution in [0.3, 0.4) is 0 Å². The summed E-state index contributed by atoms with van der Waals surface area (Å²) in [6, 6.07) is 14.0. The number of rotatable bonds is 3. The van der Waals surface area contributed by atoms with Crippen LogP contribution in [-0.2, 0) is 0 Å². The van der Waals surface area contributed by atoms with Crippen LogP contribution in [-0.4, -0.2) is 14.2 Å². The Balaban J connectivity index is 2.60. The van der Waals surface area contributed by atoms with Crippen LogP contribution in [0.5, 0.6) is 11.5 Å². The molecule has 88 valence electrons. The Hall–Kier alpha value is -1.23. The van der Waals surface area contributed by atoms with Gasteiger partial charge in [0.2, 0.25) is 0 Å². The third kappa shape index (κ3) is 2.39. The van der Waals surface area contributed by atoms with E-state index in [4.69, 9.17) is 9.47 Å². The monoisotopic (exact) mass is 340 g/mol. The van der Waals surface area contributed by atoms with Gasteiger partial charge in [0.25, 0.3) is 0 Å². The molecule has 2 aromatic rings. The molecule has 0 amide bonds. The molecule has 0 unspecified atom stereocenters. The third-order valence-corrected chi connectivity index (χ3v) is 3.69. The number of hydrogen-bond acceptors (Lipinski definition) is 2. The molecule has 0 atom stereocenters. The molecule has 2 nitrogen and oxygen atoms in total. The third-order valence-electron chi connectivity index (χ3n) is 2.58. The lowest BCUT2D eigenvalue weighted by atomic mass is 10.0. The van der Waals surface area contributed by atoms with Crippen LogP contribution >= 0.6 is 22.6 Å². The number of methoxy groups -OCH3 is 2. The van der Waals surface area contributed by atoms with Gasteiger partial charge in [-0.25, -0.2) is 0 Å². The van der Waals surface area contributed by atoms with Crippen molar-refractivity contribution < 1.29 is 9.47 Å². The second-order valence-corrected chi connectivity index (χ2v) is 4.60. The minimum atomic E-state index is 0.874. The highest BCUT2D eigenvalue weighted by atomic mass is 127. The van der Waals surface area contributed by atoms with Crippen molar-refractivity contribution in [3.05, 3.63) is 46.0 Å². The first-order valence-corrected chi connectivity index (χ1v) is 6.31. The van der Waals surface area contributed by atoms with Crippen LogP contribution in [0.25, 0.3) is 11.1 Å². The van der Waals surface area contributed by atoms with Crippen LogP contribution in [0.4, 0.5) is 0 Å². The molecule has 0 heterocycles. The Labute approximate surface area is 115 Å². The van der Waals surface area contributed by atoms with E-state index in [1.165, 1.54) is 0 Å². The number of para-hydroxylation sites is 1. The van der Waals surface area contributed by atoms with E-state index in [-0.39, 0.29) is 0 Å². The van der Waals surface area contributed by atoms with E-state index in [1.54, 1.807) is 14.2 Å². The molecule has 17 heavy (non-hydrogen) atoms. The van der Waals surface area contributed by atoms with Gasteiger partial charge in [0.05, 0.1) is 17.8 Å². The Morgan fingerprint density at radius 3 is 2.06 bits per heavy atom. The van der Waals surface area contributed by atoms with Crippen molar-refractivity contribution in [3.8, 4) is 22.6 Å². The van der Waals surface area contributed by atoms with E-state index in [2.05, 4.69) is 34.7 Å². The maximum absolute atomic E-state index is 5.38. The fourth-order valence-corrected chi connectivity index (χ4v) is 2.61. The SMILES string of the molecule is COc1ccccc1-c1cccc(OC)c1I. The van der Waals surface area contributed by atoms with Crippen molar-refractivity contribution in [1.82, 2.24) is 0 Å². The first-order chi connectivity index (χ1) is 8.27. The minimum absolute atomic E-state index is 0.874. The maximum Gasteiger partial charge on any atom is 0.132 e. The fourth-order valence-electron chi connectivity index (χ4n) is 1.74. The molecule has 0 aliphatic heterocycles. The summed E-state index contributed by atoms with van der Waals surface area (Å²) in [5.74, 6) is 1.76. The summed E-state index contributed by atoms with van der Waals surface area (Å²) in [6.45, 7) is 0. The van der Waals surface area contributed by atoms with Gasteiger partial charge in [0.15, 0.2) is 0 Å². The summed E-state index contributed by atoms with van der Waals surface area (Å²) >= 11 is 2.30. The van der Waals surface area contributed by atoms with Gasteiger partial charge in [-0.15, -0.1) is 0 Å². The molecular weight excluding hydrogens is 327 g/mol. The largest absolute Gasteiger partial charge is 0.496 e. The Morgan fingerprint density at radius 1 is 0.765 bits per heavy atom. The van der Waals surface area contributed by atoms with E-state index in [9.17, 15) is 0 Å². The zero-order valence-corrected chi connectivity index (χ0v) is 11.9. The van der Waals surface area contributed by atoms with E-state index >= 15 is 0 Å². The molecule has 0 radical (unpaired) electrons. The van der Waals surface area contributed by atoms with Crippen molar-refractivity contribution in [2.45, 2.75) is 0 Å². The quantitative estimate of drug-likeness (QED) is 0.787. The normalized spacial score (nSPS) is 10.1. The van der Waals surface area contributed by atoms with E-state index in [1.807, 2.05) is 30.3 Å². The van der Waals surface area contributed by atoms with Crippen molar-refractivity contribution in [3.63, 3.8) is 0 Å². The highest BCUT2D eigenvalue weighted by molar-refractivity contribution is 14.1. The molecular formula is C14H13IO2. The van der Waals surface area contributed by atoms with Crippen molar-refractivity contribution >= 4 is 22.6 Å². The smallest absolute Gasteiger partial charge is 0.132 e. The average Bonchev–Trinajstić information content (AvgIpc) is 2.39. The summed E-state index contributed by atoms with van der Waals surface area (Å²) in [6.07, 6.45) is 0. The van der Waals surface area contributed by atoms with Crippen molar-refractivity contribution in [1.29, 1.82) is 0 Å². The Morgan fingerprint density at radius 2 is 1.35 bits per heavy atom. The maximum atomic E-state index is 5.38. The lowest BCUT2D eigenvalue weighted by Gasteiger charge is -2.12. The van der Waals surface area contributed by atoms with Crippen LogP contribution < -0.4 is 9.47 Å². The van der Waals surface area contributed by atoms with Crippen molar-refractivity contribution in [2.75, 3.05) is 14.2 Å². The van der Waals surface area contributed by atoms with Gasteiger partial charge in [-0.05, 0) is 34.7 Å². The van der Waals surface area contributed by atoms with Gasteiger partial charge < -0.3 is 9.47 Å². The van der Waals surface area contributed by atoms with Gasteiger partial charge in [0, 0.05) is 11.1 Å². The van der Waals surface area contributed by atoms with Crippen LogP contribution in [0, 0.1) is 3.57 Å². The Bertz CT molecular complexity index is 523. The van der Waals surface area contributed by atoms with Gasteiger partial charge in [0.1, 0.15) is 11.5 Å². The Kier molecular flexibility index (Phi) is 3.89. The molecule has 2 aromatic carbocycles. The zero-order chi connectivity index (χ0) is 12.3. The second kappa shape index (κ2) is 5.40. The van der Waals surface area contributed by atoms with Gasteiger partial charge >= 0.3 is 0 Å². The topological polar surface area (TPSA) is 18.5 Å². The lowest BCUT2D eigenvalue weighted by Crippen LogP contribution is -1.92.